The van der Waals surface area contributed by atoms with Crippen LogP contribution in [0, 0.1) is 11.3 Å². The van der Waals surface area contributed by atoms with E-state index >= 15 is 0 Å². The minimum absolute atomic E-state index is 0.592. The van der Waals surface area contributed by atoms with Crippen LogP contribution in [0.2, 0.25) is 0 Å². The molecule has 0 radical (unpaired) electrons. The van der Waals surface area contributed by atoms with Gasteiger partial charge in [0.05, 0.1) is 6.26 Å². The SMILES string of the molecule is CC1(C)CC=CCC1.CC1C=C(/C=C/O)C=CC1. The standard InChI is InChI=1S/C9H12O.C8H14/c1-8-3-2-4-9(7-8)5-6-10;1-8(2)6-4-3-5-7-8/h2,4-8,10H,3H2,1H3;3-4H,5-7H2,1-2H3/b6-5+;. The van der Waals surface area contributed by atoms with Crippen molar-refractivity contribution in [2.45, 2.75) is 46.5 Å². The van der Waals surface area contributed by atoms with Crippen LogP contribution in [-0.2, 0) is 0 Å². The molecular formula is C17H26O. The molecule has 2 rings (SSSR count). The summed E-state index contributed by atoms with van der Waals surface area (Å²) in [5.74, 6) is 0.608. The molecule has 0 aromatic heterocycles. The van der Waals surface area contributed by atoms with Crippen LogP contribution in [0.4, 0.5) is 0 Å². The summed E-state index contributed by atoms with van der Waals surface area (Å²) in [7, 11) is 0. The quantitative estimate of drug-likeness (QED) is 0.489. The molecule has 0 fully saturated rings. The number of allylic oxidation sites excluding steroid dienone is 7. The first-order chi connectivity index (χ1) is 8.53. The lowest BCUT2D eigenvalue weighted by Gasteiger charge is -2.24. The zero-order chi connectivity index (χ0) is 13.4. The van der Waals surface area contributed by atoms with Gasteiger partial charge in [0.25, 0.3) is 0 Å². The van der Waals surface area contributed by atoms with Crippen molar-refractivity contribution in [3.63, 3.8) is 0 Å². The molecule has 0 aromatic rings. The zero-order valence-corrected chi connectivity index (χ0v) is 11.9. The maximum atomic E-state index is 8.45. The minimum atomic E-state index is 0.592. The van der Waals surface area contributed by atoms with Crippen molar-refractivity contribution in [3.05, 3.63) is 48.3 Å². The Hall–Kier alpha value is -1.24. The van der Waals surface area contributed by atoms with Crippen molar-refractivity contribution in [2.75, 3.05) is 0 Å². The van der Waals surface area contributed by atoms with Crippen LogP contribution >= 0.6 is 0 Å². The third-order valence-corrected chi connectivity index (χ3v) is 3.39. The Morgan fingerprint density at radius 1 is 1.28 bits per heavy atom. The fourth-order valence-electron chi connectivity index (χ4n) is 2.16. The lowest BCUT2D eigenvalue weighted by Crippen LogP contribution is -2.11. The molecule has 2 aliphatic carbocycles. The van der Waals surface area contributed by atoms with E-state index in [-0.39, 0.29) is 0 Å². The average Bonchev–Trinajstić information content (AvgIpc) is 2.30. The van der Waals surface area contributed by atoms with E-state index in [1.807, 2.05) is 6.08 Å². The van der Waals surface area contributed by atoms with Crippen molar-refractivity contribution >= 4 is 0 Å². The van der Waals surface area contributed by atoms with Crippen molar-refractivity contribution in [2.24, 2.45) is 11.3 Å². The number of aliphatic hydroxyl groups is 1. The van der Waals surface area contributed by atoms with E-state index < -0.39 is 0 Å². The second-order valence-corrected chi connectivity index (χ2v) is 5.98. The molecule has 0 amide bonds. The Morgan fingerprint density at radius 2 is 2.06 bits per heavy atom. The topological polar surface area (TPSA) is 20.2 Å². The van der Waals surface area contributed by atoms with Crippen molar-refractivity contribution in [3.8, 4) is 0 Å². The molecule has 1 unspecified atom stereocenters. The van der Waals surface area contributed by atoms with E-state index in [4.69, 9.17) is 5.11 Å². The Kier molecular flexibility index (Phi) is 5.97. The van der Waals surface area contributed by atoms with E-state index in [2.05, 4.69) is 45.1 Å². The van der Waals surface area contributed by atoms with Gasteiger partial charge in [-0.15, -0.1) is 0 Å². The predicted octanol–water partition coefficient (Wildman–Crippen LogP) is 5.33. The molecule has 0 saturated heterocycles. The molecule has 1 N–H and O–H groups in total. The van der Waals surface area contributed by atoms with Crippen LogP contribution in [0.1, 0.15) is 46.5 Å². The van der Waals surface area contributed by atoms with Gasteiger partial charge in [0.2, 0.25) is 0 Å². The molecule has 0 heterocycles. The summed E-state index contributed by atoms with van der Waals surface area (Å²) < 4.78 is 0. The van der Waals surface area contributed by atoms with E-state index in [1.54, 1.807) is 6.08 Å². The van der Waals surface area contributed by atoms with Crippen molar-refractivity contribution in [1.29, 1.82) is 0 Å². The first-order valence-corrected chi connectivity index (χ1v) is 6.88. The molecule has 2 aliphatic rings. The second kappa shape index (κ2) is 7.25. The summed E-state index contributed by atoms with van der Waals surface area (Å²) in [6, 6.07) is 0. The van der Waals surface area contributed by atoms with Crippen LogP contribution < -0.4 is 0 Å². The predicted molar refractivity (Wildman–Crippen MR) is 79.5 cm³/mol. The number of hydrogen-bond acceptors (Lipinski definition) is 1. The zero-order valence-electron chi connectivity index (χ0n) is 11.9. The van der Waals surface area contributed by atoms with Crippen LogP contribution in [0.5, 0.6) is 0 Å². The van der Waals surface area contributed by atoms with Gasteiger partial charge in [0.1, 0.15) is 0 Å². The summed E-state index contributed by atoms with van der Waals surface area (Å²) in [6.45, 7) is 6.82. The van der Waals surface area contributed by atoms with Crippen molar-refractivity contribution in [1.82, 2.24) is 0 Å². The normalized spacial score (nSPS) is 25.5. The molecule has 0 saturated carbocycles. The van der Waals surface area contributed by atoms with Gasteiger partial charge in [-0.2, -0.15) is 0 Å². The lowest BCUT2D eigenvalue weighted by atomic mass is 9.81. The summed E-state index contributed by atoms with van der Waals surface area (Å²) in [5.41, 5.74) is 1.69. The molecule has 1 nitrogen and oxygen atoms in total. The molecule has 100 valence electrons. The fraction of sp³-hybridized carbons (Fsp3) is 0.529. The van der Waals surface area contributed by atoms with E-state index in [0.717, 1.165) is 18.3 Å². The van der Waals surface area contributed by atoms with E-state index in [9.17, 15) is 0 Å². The Morgan fingerprint density at radius 3 is 2.50 bits per heavy atom. The molecule has 1 atom stereocenters. The summed E-state index contributed by atoms with van der Waals surface area (Å²) in [5, 5.41) is 8.45. The Balaban J connectivity index is 0.000000184. The maximum Gasteiger partial charge on any atom is 0.0797 e. The highest BCUT2D eigenvalue weighted by atomic mass is 16.2. The summed E-state index contributed by atoms with van der Waals surface area (Å²) in [6.07, 6.45) is 18.7. The van der Waals surface area contributed by atoms with Gasteiger partial charge >= 0.3 is 0 Å². The van der Waals surface area contributed by atoms with Gasteiger partial charge < -0.3 is 5.11 Å². The highest BCUT2D eigenvalue weighted by Gasteiger charge is 2.16. The maximum absolute atomic E-state index is 8.45. The van der Waals surface area contributed by atoms with E-state index in [0.29, 0.717) is 11.3 Å². The van der Waals surface area contributed by atoms with Crippen molar-refractivity contribution < 1.29 is 5.11 Å². The Bertz CT molecular complexity index is 352. The first-order valence-electron chi connectivity index (χ1n) is 6.88. The van der Waals surface area contributed by atoms with Crippen LogP contribution in [0.15, 0.2) is 48.3 Å². The van der Waals surface area contributed by atoms with Gasteiger partial charge in [-0.25, -0.2) is 0 Å². The van der Waals surface area contributed by atoms with Gasteiger partial charge in [-0.3, -0.25) is 0 Å². The fourth-order valence-corrected chi connectivity index (χ4v) is 2.16. The average molecular weight is 246 g/mol. The van der Waals surface area contributed by atoms with Gasteiger partial charge in [0, 0.05) is 0 Å². The highest BCUT2D eigenvalue weighted by molar-refractivity contribution is 5.32. The van der Waals surface area contributed by atoms with Gasteiger partial charge in [-0.05, 0) is 48.7 Å². The minimum Gasteiger partial charge on any atom is -0.516 e. The second-order valence-electron chi connectivity index (χ2n) is 5.98. The third kappa shape index (κ3) is 5.90. The molecule has 18 heavy (non-hydrogen) atoms. The number of rotatable bonds is 1. The number of aliphatic hydroxyl groups excluding tert-OH is 1. The number of hydrogen-bond donors (Lipinski definition) is 1. The summed E-state index contributed by atoms with van der Waals surface area (Å²) >= 11 is 0. The van der Waals surface area contributed by atoms with Crippen LogP contribution in [0.25, 0.3) is 0 Å². The monoisotopic (exact) mass is 246 g/mol. The molecular weight excluding hydrogens is 220 g/mol. The molecule has 0 bridgehead atoms. The van der Waals surface area contributed by atoms with Crippen LogP contribution in [0.3, 0.4) is 0 Å². The largest absolute Gasteiger partial charge is 0.516 e. The molecule has 0 aromatic carbocycles. The smallest absolute Gasteiger partial charge is 0.0797 e. The summed E-state index contributed by atoms with van der Waals surface area (Å²) in [4.78, 5) is 0. The van der Waals surface area contributed by atoms with Gasteiger partial charge in [0.15, 0.2) is 0 Å². The highest BCUT2D eigenvalue weighted by Crippen LogP contribution is 2.30. The molecule has 0 aliphatic heterocycles. The third-order valence-electron chi connectivity index (χ3n) is 3.39. The Labute approximate surface area is 112 Å². The van der Waals surface area contributed by atoms with Crippen LogP contribution in [-0.4, -0.2) is 5.11 Å². The van der Waals surface area contributed by atoms with E-state index in [1.165, 1.54) is 19.3 Å². The molecule has 1 heteroatoms. The van der Waals surface area contributed by atoms with Gasteiger partial charge in [-0.1, -0.05) is 51.2 Å². The first kappa shape index (κ1) is 14.8. The lowest BCUT2D eigenvalue weighted by molar-refractivity contribution is 0.331. The molecule has 0 spiro atoms.